The molecule has 1 aliphatic heterocycles. The predicted octanol–water partition coefficient (Wildman–Crippen LogP) is 3.23. The summed E-state index contributed by atoms with van der Waals surface area (Å²) in [6.45, 7) is 1.82. The number of benzene rings is 2. The van der Waals surface area contributed by atoms with Gasteiger partial charge in [0.1, 0.15) is 0 Å². The zero-order chi connectivity index (χ0) is 17.5. The Kier molecular flexibility index (Phi) is 7.44. The Hall–Kier alpha value is -2.57. The Labute approximate surface area is 159 Å². The molecule has 1 fully saturated rings. The monoisotopic (exact) mass is 374 g/mol. The molecular weight excluding hydrogens is 352 g/mol. The molecule has 7 heteroatoms. The molecule has 1 aliphatic rings. The summed E-state index contributed by atoms with van der Waals surface area (Å²) in [5.41, 5.74) is 1.93. The molecule has 1 saturated heterocycles. The average Bonchev–Trinajstić information content (AvgIpc) is 2.64. The number of hydrogen-bond acceptors (Lipinski definition) is 3. The molecular formula is C19H23ClN4O2. The summed E-state index contributed by atoms with van der Waals surface area (Å²) in [6, 6.07) is 15.9. The third-order valence-electron chi connectivity index (χ3n) is 4.07. The fraction of sp³-hybridized carbons (Fsp3) is 0.263. The molecule has 1 atom stereocenters. The largest absolute Gasteiger partial charge is 0.348 e. The summed E-state index contributed by atoms with van der Waals surface area (Å²) in [6.07, 6.45) is 2.07. The van der Waals surface area contributed by atoms with Gasteiger partial charge < -0.3 is 21.3 Å². The number of rotatable bonds is 4. The topological polar surface area (TPSA) is 82.3 Å². The number of anilines is 2. The normalized spacial score (nSPS) is 16.1. The van der Waals surface area contributed by atoms with Crippen molar-refractivity contribution < 1.29 is 9.59 Å². The van der Waals surface area contributed by atoms with Gasteiger partial charge in [0.05, 0.1) is 0 Å². The highest BCUT2D eigenvalue weighted by molar-refractivity contribution is 6.00. The third-order valence-corrected chi connectivity index (χ3v) is 4.07. The molecule has 4 N–H and O–H groups in total. The van der Waals surface area contributed by atoms with Crippen LogP contribution in [0.4, 0.5) is 16.2 Å². The number of carbonyl (C=O) groups is 2. The van der Waals surface area contributed by atoms with Crippen molar-refractivity contribution in [2.24, 2.45) is 0 Å². The van der Waals surface area contributed by atoms with Crippen molar-refractivity contribution >= 4 is 35.7 Å². The van der Waals surface area contributed by atoms with Crippen LogP contribution in [-0.4, -0.2) is 31.1 Å². The van der Waals surface area contributed by atoms with Gasteiger partial charge in [-0.25, -0.2) is 4.79 Å². The van der Waals surface area contributed by atoms with E-state index in [1.807, 2.05) is 30.3 Å². The number of piperidine rings is 1. The van der Waals surface area contributed by atoms with Gasteiger partial charge in [-0.3, -0.25) is 4.79 Å². The Balaban J connectivity index is 0.00000243. The van der Waals surface area contributed by atoms with Gasteiger partial charge in [-0.1, -0.05) is 18.2 Å². The van der Waals surface area contributed by atoms with Crippen LogP contribution in [0.3, 0.4) is 0 Å². The molecule has 0 spiro atoms. The summed E-state index contributed by atoms with van der Waals surface area (Å²) in [4.78, 5) is 24.2. The SMILES string of the molecule is Cl.O=C(Nc1ccccc1)Nc1ccc(C(=O)NC2CCCNC2)cc1. The molecule has 2 aromatic rings. The maximum absolute atomic E-state index is 12.2. The van der Waals surface area contributed by atoms with E-state index < -0.39 is 0 Å². The minimum Gasteiger partial charge on any atom is -0.348 e. The van der Waals surface area contributed by atoms with Gasteiger partial charge in [0.2, 0.25) is 0 Å². The zero-order valence-electron chi connectivity index (χ0n) is 14.3. The van der Waals surface area contributed by atoms with Crippen molar-refractivity contribution in [1.29, 1.82) is 0 Å². The van der Waals surface area contributed by atoms with Crippen molar-refractivity contribution in [2.75, 3.05) is 23.7 Å². The minimum atomic E-state index is -0.323. The second-order valence-electron chi connectivity index (χ2n) is 6.04. The lowest BCUT2D eigenvalue weighted by Gasteiger charge is -2.23. The van der Waals surface area contributed by atoms with Crippen LogP contribution in [0.25, 0.3) is 0 Å². The highest BCUT2D eigenvalue weighted by Gasteiger charge is 2.16. The number of hydrogen-bond donors (Lipinski definition) is 4. The predicted molar refractivity (Wildman–Crippen MR) is 106 cm³/mol. The minimum absolute atomic E-state index is 0. The van der Waals surface area contributed by atoms with Crippen molar-refractivity contribution in [2.45, 2.75) is 18.9 Å². The van der Waals surface area contributed by atoms with Crippen molar-refractivity contribution in [1.82, 2.24) is 10.6 Å². The number of carbonyl (C=O) groups excluding carboxylic acids is 2. The lowest BCUT2D eigenvalue weighted by atomic mass is 10.1. The molecule has 1 unspecified atom stereocenters. The maximum atomic E-state index is 12.2. The number of urea groups is 1. The molecule has 3 rings (SSSR count). The van der Waals surface area contributed by atoms with Gasteiger partial charge in [-0.2, -0.15) is 0 Å². The van der Waals surface area contributed by atoms with Crippen LogP contribution in [0.2, 0.25) is 0 Å². The van der Waals surface area contributed by atoms with Gasteiger partial charge >= 0.3 is 6.03 Å². The van der Waals surface area contributed by atoms with Gasteiger partial charge in [0.25, 0.3) is 5.91 Å². The van der Waals surface area contributed by atoms with E-state index in [4.69, 9.17) is 0 Å². The second-order valence-corrected chi connectivity index (χ2v) is 6.04. The van der Waals surface area contributed by atoms with Gasteiger partial charge in [-0.15, -0.1) is 12.4 Å². The molecule has 2 aromatic carbocycles. The fourth-order valence-corrected chi connectivity index (χ4v) is 2.76. The quantitative estimate of drug-likeness (QED) is 0.663. The average molecular weight is 375 g/mol. The molecule has 6 nitrogen and oxygen atoms in total. The molecule has 0 saturated carbocycles. The highest BCUT2D eigenvalue weighted by Crippen LogP contribution is 2.12. The summed E-state index contributed by atoms with van der Waals surface area (Å²) in [5, 5.41) is 11.8. The Bertz CT molecular complexity index is 716. The standard InChI is InChI=1S/C19H22N4O2.ClH/c24-18(21-17-7-4-12-20-13-17)14-8-10-16(11-9-14)23-19(25)22-15-5-2-1-3-6-15;/h1-3,5-6,8-11,17,20H,4,7,12-13H2,(H,21,24)(H2,22,23,25);1H. The van der Waals surface area contributed by atoms with E-state index in [-0.39, 0.29) is 30.4 Å². The van der Waals surface area contributed by atoms with Crippen LogP contribution in [0, 0.1) is 0 Å². The van der Waals surface area contributed by atoms with Gasteiger partial charge in [-0.05, 0) is 55.8 Å². The Morgan fingerprint density at radius 1 is 0.923 bits per heavy atom. The molecule has 26 heavy (non-hydrogen) atoms. The highest BCUT2D eigenvalue weighted by atomic mass is 35.5. The van der Waals surface area contributed by atoms with Crippen LogP contribution >= 0.6 is 12.4 Å². The summed E-state index contributed by atoms with van der Waals surface area (Å²) >= 11 is 0. The summed E-state index contributed by atoms with van der Waals surface area (Å²) < 4.78 is 0. The Morgan fingerprint density at radius 2 is 1.58 bits per heavy atom. The van der Waals surface area contributed by atoms with E-state index in [1.165, 1.54) is 0 Å². The second kappa shape index (κ2) is 9.79. The van der Waals surface area contributed by atoms with Crippen molar-refractivity contribution in [3.63, 3.8) is 0 Å². The number of amides is 3. The first-order valence-electron chi connectivity index (χ1n) is 8.45. The van der Waals surface area contributed by atoms with Crippen LogP contribution in [0.1, 0.15) is 23.2 Å². The third kappa shape index (κ3) is 5.75. The van der Waals surface area contributed by atoms with E-state index in [0.29, 0.717) is 11.3 Å². The number of para-hydroxylation sites is 1. The molecule has 138 valence electrons. The lowest BCUT2D eigenvalue weighted by molar-refractivity contribution is 0.0930. The smallest absolute Gasteiger partial charge is 0.323 e. The number of nitrogens with one attached hydrogen (secondary N) is 4. The van der Waals surface area contributed by atoms with Crippen LogP contribution in [-0.2, 0) is 0 Å². The van der Waals surface area contributed by atoms with E-state index in [9.17, 15) is 9.59 Å². The van der Waals surface area contributed by atoms with E-state index >= 15 is 0 Å². The van der Waals surface area contributed by atoms with Crippen LogP contribution < -0.4 is 21.3 Å². The molecule has 0 aliphatic carbocycles. The van der Waals surface area contributed by atoms with Crippen LogP contribution in [0.5, 0.6) is 0 Å². The van der Waals surface area contributed by atoms with Gasteiger partial charge in [0.15, 0.2) is 0 Å². The molecule has 1 heterocycles. The van der Waals surface area contributed by atoms with E-state index in [2.05, 4.69) is 21.3 Å². The van der Waals surface area contributed by atoms with E-state index in [0.717, 1.165) is 31.6 Å². The molecule has 0 radical (unpaired) electrons. The number of halogens is 1. The van der Waals surface area contributed by atoms with Crippen LogP contribution in [0.15, 0.2) is 54.6 Å². The first kappa shape index (κ1) is 19.8. The molecule has 3 amide bonds. The fourth-order valence-electron chi connectivity index (χ4n) is 2.76. The maximum Gasteiger partial charge on any atom is 0.323 e. The first-order valence-corrected chi connectivity index (χ1v) is 8.45. The van der Waals surface area contributed by atoms with Crippen molar-refractivity contribution in [3.05, 3.63) is 60.2 Å². The summed E-state index contributed by atoms with van der Waals surface area (Å²) in [7, 11) is 0. The zero-order valence-corrected chi connectivity index (χ0v) is 15.1. The Morgan fingerprint density at radius 3 is 2.19 bits per heavy atom. The lowest BCUT2D eigenvalue weighted by Crippen LogP contribution is -2.45. The molecule has 0 bridgehead atoms. The first-order chi connectivity index (χ1) is 12.2. The van der Waals surface area contributed by atoms with Crippen molar-refractivity contribution in [3.8, 4) is 0 Å². The van der Waals surface area contributed by atoms with E-state index in [1.54, 1.807) is 24.3 Å². The molecule has 0 aromatic heterocycles. The van der Waals surface area contributed by atoms with Gasteiger partial charge in [0, 0.05) is 29.5 Å². The summed E-state index contributed by atoms with van der Waals surface area (Å²) in [5.74, 6) is -0.0889.